The van der Waals surface area contributed by atoms with E-state index in [1.54, 1.807) is 6.07 Å². The van der Waals surface area contributed by atoms with Crippen LogP contribution in [-0.4, -0.2) is 5.16 Å². The van der Waals surface area contributed by atoms with Crippen molar-refractivity contribution < 1.29 is 17.7 Å². The van der Waals surface area contributed by atoms with Gasteiger partial charge >= 0.3 is 0 Å². The van der Waals surface area contributed by atoms with Crippen molar-refractivity contribution in [1.82, 2.24) is 5.16 Å². The molecule has 2 aromatic heterocycles. The van der Waals surface area contributed by atoms with E-state index in [2.05, 4.69) is 21.1 Å². The first kappa shape index (κ1) is 12.9. The van der Waals surface area contributed by atoms with Gasteiger partial charge in [0, 0.05) is 11.6 Å². The topological polar surface area (TPSA) is 65.2 Å². The molecule has 0 aliphatic heterocycles. The number of benzene rings is 1. The normalized spacial score (nSPS) is 10.9. The summed E-state index contributed by atoms with van der Waals surface area (Å²) in [4.78, 5) is 0. The number of nitrogen functional groups attached to an aromatic ring is 1. The molecule has 0 unspecified atom stereocenters. The summed E-state index contributed by atoms with van der Waals surface area (Å²) in [5.41, 5.74) is 6.62. The lowest BCUT2D eigenvalue weighted by molar-refractivity contribution is 0.434. The van der Waals surface area contributed by atoms with Crippen molar-refractivity contribution in [3.63, 3.8) is 0 Å². The number of anilines is 1. The summed E-state index contributed by atoms with van der Waals surface area (Å²) in [5, 5.41) is 3.63. The Kier molecular flexibility index (Phi) is 3.06. The zero-order valence-corrected chi connectivity index (χ0v) is 11.4. The van der Waals surface area contributed by atoms with Gasteiger partial charge in [0.15, 0.2) is 16.2 Å². The van der Waals surface area contributed by atoms with E-state index in [4.69, 9.17) is 14.7 Å². The van der Waals surface area contributed by atoms with Gasteiger partial charge in [-0.3, -0.25) is 0 Å². The molecule has 2 heterocycles. The number of furan rings is 1. The number of aromatic nitrogens is 1. The average molecular weight is 341 g/mol. The van der Waals surface area contributed by atoms with Crippen LogP contribution in [0.5, 0.6) is 0 Å². The Bertz CT molecular complexity index is 783. The summed E-state index contributed by atoms with van der Waals surface area (Å²) in [5.74, 6) is -1.17. The van der Waals surface area contributed by atoms with Gasteiger partial charge < -0.3 is 14.7 Å². The minimum absolute atomic E-state index is 0.0126. The van der Waals surface area contributed by atoms with Crippen molar-refractivity contribution in [1.29, 1.82) is 0 Å². The Morgan fingerprint density at radius 1 is 1.15 bits per heavy atom. The SMILES string of the molecule is Nc1noc(-c2ccoc2Br)c1-c1ccc(F)cc1F. The molecule has 0 spiro atoms. The molecule has 0 bridgehead atoms. The first-order valence-electron chi connectivity index (χ1n) is 5.52. The number of nitrogens with two attached hydrogens (primary N) is 1. The molecule has 1 aromatic carbocycles. The van der Waals surface area contributed by atoms with Gasteiger partial charge in [0.1, 0.15) is 11.6 Å². The molecule has 0 fully saturated rings. The van der Waals surface area contributed by atoms with E-state index in [-0.39, 0.29) is 22.7 Å². The molecule has 7 heteroatoms. The van der Waals surface area contributed by atoms with Crippen LogP contribution in [-0.2, 0) is 0 Å². The monoisotopic (exact) mass is 340 g/mol. The van der Waals surface area contributed by atoms with Gasteiger partial charge in [-0.2, -0.15) is 0 Å². The molecule has 0 atom stereocenters. The Labute approximate surface area is 120 Å². The van der Waals surface area contributed by atoms with Crippen LogP contribution >= 0.6 is 15.9 Å². The first-order valence-corrected chi connectivity index (χ1v) is 6.31. The van der Waals surface area contributed by atoms with Crippen LogP contribution in [0.1, 0.15) is 0 Å². The lowest BCUT2D eigenvalue weighted by atomic mass is 10.0. The highest BCUT2D eigenvalue weighted by Crippen LogP contribution is 2.40. The molecular formula is C13H7BrF2N2O2. The Morgan fingerprint density at radius 3 is 2.60 bits per heavy atom. The van der Waals surface area contributed by atoms with Gasteiger partial charge in [0.05, 0.1) is 17.4 Å². The molecule has 0 radical (unpaired) electrons. The molecule has 20 heavy (non-hydrogen) atoms. The Morgan fingerprint density at radius 2 is 1.95 bits per heavy atom. The lowest BCUT2D eigenvalue weighted by Crippen LogP contribution is -1.92. The fourth-order valence-corrected chi connectivity index (χ4v) is 2.31. The largest absolute Gasteiger partial charge is 0.457 e. The van der Waals surface area contributed by atoms with E-state index in [0.29, 0.717) is 10.2 Å². The van der Waals surface area contributed by atoms with Crippen LogP contribution in [0.2, 0.25) is 0 Å². The number of halogens is 3. The van der Waals surface area contributed by atoms with E-state index >= 15 is 0 Å². The zero-order valence-electron chi connectivity index (χ0n) is 9.86. The van der Waals surface area contributed by atoms with Crippen LogP contribution < -0.4 is 5.73 Å². The van der Waals surface area contributed by atoms with Gasteiger partial charge in [0.2, 0.25) is 0 Å². The van der Waals surface area contributed by atoms with E-state index in [0.717, 1.165) is 12.1 Å². The zero-order chi connectivity index (χ0) is 14.3. The number of nitrogens with zero attached hydrogens (tertiary/aromatic N) is 1. The minimum Gasteiger partial charge on any atom is -0.457 e. The standard InChI is InChI=1S/C13H7BrF2N2O2/c14-12-8(3-4-19-12)11-10(13(17)18-20-11)7-2-1-6(15)5-9(7)16/h1-5H,(H2,17,18). The quantitative estimate of drug-likeness (QED) is 0.758. The molecular weight excluding hydrogens is 334 g/mol. The third-order valence-electron chi connectivity index (χ3n) is 2.78. The summed E-state index contributed by atoms with van der Waals surface area (Å²) < 4.78 is 37.5. The average Bonchev–Trinajstić information content (AvgIpc) is 2.96. The van der Waals surface area contributed by atoms with Crippen LogP contribution in [0.15, 0.2) is 44.1 Å². The predicted octanol–water partition coefficient (Wildman–Crippen LogP) is 4.22. The van der Waals surface area contributed by atoms with Crippen molar-refractivity contribution in [2.24, 2.45) is 0 Å². The number of hydrogen-bond donors (Lipinski definition) is 1. The van der Waals surface area contributed by atoms with Gasteiger partial charge in [-0.15, -0.1) is 0 Å². The highest BCUT2D eigenvalue weighted by Gasteiger charge is 2.23. The fourth-order valence-electron chi connectivity index (χ4n) is 1.89. The second-order valence-corrected chi connectivity index (χ2v) is 4.72. The number of rotatable bonds is 2. The van der Waals surface area contributed by atoms with Crippen LogP contribution in [0.4, 0.5) is 14.6 Å². The van der Waals surface area contributed by atoms with Crippen LogP contribution in [0.3, 0.4) is 0 Å². The fraction of sp³-hybridized carbons (Fsp3) is 0. The maximum Gasteiger partial charge on any atom is 0.181 e. The van der Waals surface area contributed by atoms with E-state index < -0.39 is 11.6 Å². The summed E-state index contributed by atoms with van der Waals surface area (Å²) >= 11 is 3.20. The van der Waals surface area contributed by atoms with Gasteiger partial charge in [-0.1, -0.05) is 5.16 Å². The van der Waals surface area contributed by atoms with E-state index in [9.17, 15) is 8.78 Å². The van der Waals surface area contributed by atoms with Crippen LogP contribution in [0.25, 0.3) is 22.5 Å². The molecule has 3 aromatic rings. The highest BCUT2D eigenvalue weighted by atomic mass is 79.9. The third kappa shape index (κ3) is 2.00. The molecule has 102 valence electrons. The maximum atomic E-state index is 13.9. The van der Waals surface area contributed by atoms with E-state index in [1.807, 2.05) is 0 Å². The lowest BCUT2D eigenvalue weighted by Gasteiger charge is -2.03. The molecule has 0 amide bonds. The first-order chi connectivity index (χ1) is 9.58. The maximum absolute atomic E-state index is 13.9. The van der Waals surface area contributed by atoms with Crippen molar-refractivity contribution in [3.8, 4) is 22.5 Å². The predicted molar refractivity (Wildman–Crippen MR) is 71.7 cm³/mol. The molecule has 2 N–H and O–H groups in total. The Hall–Kier alpha value is -2.15. The van der Waals surface area contributed by atoms with Crippen molar-refractivity contribution in [2.75, 3.05) is 5.73 Å². The molecule has 0 saturated carbocycles. The van der Waals surface area contributed by atoms with Gasteiger partial charge in [-0.25, -0.2) is 8.78 Å². The molecule has 0 saturated heterocycles. The van der Waals surface area contributed by atoms with E-state index in [1.165, 1.54) is 12.3 Å². The van der Waals surface area contributed by atoms with Gasteiger partial charge in [0.25, 0.3) is 0 Å². The molecule has 3 rings (SSSR count). The minimum atomic E-state index is -0.749. The molecule has 4 nitrogen and oxygen atoms in total. The van der Waals surface area contributed by atoms with Crippen LogP contribution in [0, 0.1) is 11.6 Å². The summed E-state index contributed by atoms with van der Waals surface area (Å²) in [7, 11) is 0. The summed E-state index contributed by atoms with van der Waals surface area (Å²) in [6.45, 7) is 0. The van der Waals surface area contributed by atoms with Crippen molar-refractivity contribution in [2.45, 2.75) is 0 Å². The van der Waals surface area contributed by atoms with Crippen molar-refractivity contribution >= 4 is 21.7 Å². The summed E-state index contributed by atoms with van der Waals surface area (Å²) in [6.07, 6.45) is 1.43. The molecule has 0 aliphatic rings. The highest BCUT2D eigenvalue weighted by molar-refractivity contribution is 9.10. The van der Waals surface area contributed by atoms with Crippen molar-refractivity contribution in [3.05, 3.63) is 46.8 Å². The summed E-state index contributed by atoms with van der Waals surface area (Å²) in [6, 6.07) is 4.81. The number of hydrogen-bond acceptors (Lipinski definition) is 4. The second kappa shape index (κ2) is 4.75. The second-order valence-electron chi connectivity index (χ2n) is 4.00. The molecule has 0 aliphatic carbocycles. The third-order valence-corrected chi connectivity index (χ3v) is 3.40. The Balaban J connectivity index is 2.24. The smallest absolute Gasteiger partial charge is 0.181 e. The van der Waals surface area contributed by atoms with Gasteiger partial charge in [-0.05, 0) is 34.1 Å².